The van der Waals surface area contributed by atoms with Crippen molar-refractivity contribution >= 4 is 5.91 Å². The smallest absolute Gasteiger partial charge is 0.223 e. The van der Waals surface area contributed by atoms with Gasteiger partial charge in [-0.25, -0.2) is 0 Å². The van der Waals surface area contributed by atoms with E-state index in [1.54, 1.807) is 0 Å². The zero-order valence-corrected chi connectivity index (χ0v) is 9.08. The number of morpholine rings is 1. The minimum atomic E-state index is 0.242. The van der Waals surface area contributed by atoms with Crippen LogP contribution < -0.4 is 5.32 Å². The Morgan fingerprint density at radius 2 is 2.43 bits per heavy atom. The first-order chi connectivity index (χ1) is 6.75. The molecule has 1 atom stereocenters. The molecule has 4 heteroatoms. The van der Waals surface area contributed by atoms with Crippen LogP contribution in [-0.4, -0.2) is 50.2 Å². The average molecular weight is 200 g/mol. The molecule has 1 rings (SSSR count). The summed E-state index contributed by atoms with van der Waals surface area (Å²) < 4.78 is 5.28. The molecule has 1 amide bonds. The van der Waals surface area contributed by atoms with Gasteiger partial charge in [-0.2, -0.15) is 0 Å². The van der Waals surface area contributed by atoms with Gasteiger partial charge in [0.25, 0.3) is 0 Å². The summed E-state index contributed by atoms with van der Waals surface area (Å²) in [5.41, 5.74) is 0. The van der Waals surface area contributed by atoms with E-state index in [1.807, 2.05) is 18.9 Å². The minimum absolute atomic E-state index is 0.242. The molecule has 0 saturated carbocycles. The first-order valence-corrected chi connectivity index (χ1v) is 5.27. The van der Waals surface area contributed by atoms with Gasteiger partial charge < -0.3 is 15.0 Å². The van der Waals surface area contributed by atoms with Crippen molar-refractivity contribution in [2.75, 3.05) is 33.4 Å². The molecule has 1 aliphatic rings. The van der Waals surface area contributed by atoms with E-state index in [4.69, 9.17) is 4.74 Å². The molecule has 0 aliphatic carbocycles. The summed E-state index contributed by atoms with van der Waals surface area (Å²) in [6.45, 7) is 5.05. The number of rotatable bonds is 4. The van der Waals surface area contributed by atoms with Crippen molar-refractivity contribution in [3.8, 4) is 0 Å². The van der Waals surface area contributed by atoms with Crippen LogP contribution in [0.25, 0.3) is 0 Å². The van der Waals surface area contributed by atoms with Crippen LogP contribution in [0, 0.1) is 0 Å². The predicted octanol–water partition coefficient (Wildman–Crippen LogP) is 0.233. The first kappa shape index (κ1) is 11.5. The van der Waals surface area contributed by atoms with E-state index in [-0.39, 0.29) is 11.9 Å². The van der Waals surface area contributed by atoms with Crippen molar-refractivity contribution in [1.82, 2.24) is 10.2 Å². The Bertz CT molecular complexity index is 185. The molecule has 1 unspecified atom stereocenters. The highest BCUT2D eigenvalue weighted by molar-refractivity contribution is 5.76. The number of nitrogens with one attached hydrogen (secondary N) is 1. The van der Waals surface area contributed by atoms with Gasteiger partial charge in [0.2, 0.25) is 5.91 Å². The first-order valence-electron chi connectivity index (χ1n) is 5.27. The van der Waals surface area contributed by atoms with E-state index < -0.39 is 0 Å². The Balaban J connectivity index is 2.27. The van der Waals surface area contributed by atoms with Gasteiger partial charge in [0.1, 0.15) is 0 Å². The number of nitrogens with zero attached hydrogens (tertiary/aromatic N) is 1. The Kier molecular flexibility index (Phi) is 4.90. The zero-order valence-electron chi connectivity index (χ0n) is 9.08. The highest BCUT2D eigenvalue weighted by Crippen LogP contribution is 2.08. The molecule has 1 fully saturated rings. The Morgan fingerprint density at radius 3 is 3.07 bits per heavy atom. The summed E-state index contributed by atoms with van der Waals surface area (Å²) in [5, 5.41) is 3.04. The molecule has 0 radical (unpaired) electrons. The van der Waals surface area contributed by atoms with Crippen LogP contribution in [0.4, 0.5) is 0 Å². The van der Waals surface area contributed by atoms with Crippen LogP contribution in [0.15, 0.2) is 0 Å². The minimum Gasteiger partial charge on any atom is -0.377 e. The van der Waals surface area contributed by atoms with Crippen molar-refractivity contribution in [2.45, 2.75) is 25.8 Å². The third kappa shape index (κ3) is 3.27. The lowest BCUT2D eigenvalue weighted by atomic mass is 10.2. The molecule has 0 bridgehead atoms. The number of hydrogen-bond acceptors (Lipinski definition) is 3. The molecular weight excluding hydrogens is 180 g/mol. The number of amides is 1. The molecule has 82 valence electrons. The normalized spacial score (nSPS) is 22.4. The van der Waals surface area contributed by atoms with Crippen molar-refractivity contribution < 1.29 is 9.53 Å². The van der Waals surface area contributed by atoms with E-state index in [9.17, 15) is 4.79 Å². The topological polar surface area (TPSA) is 41.6 Å². The van der Waals surface area contributed by atoms with E-state index >= 15 is 0 Å². The van der Waals surface area contributed by atoms with Crippen LogP contribution in [0.3, 0.4) is 0 Å². The summed E-state index contributed by atoms with van der Waals surface area (Å²) in [7, 11) is 1.90. The van der Waals surface area contributed by atoms with Crippen LogP contribution in [0.2, 0.25) is 0 Å². The number of carbonyl (C=O) groups excluding carboxylic acids is 1. The van der Waals surface area contributed by atoms with Gasteiger partial charge in [-0.05, 0) is 26.9 Å². The van der Waals surface area contributed by atoms with Crippen LogP contribution >= 0.6 is 0 Å². The fraction of sp³-hybridized carbons (Fsp3) is 0.900. The largest absolute Gasteiger partial charge is 0.377 e. The molecule has 0 aromatic carbocycles. The van der Waals surface area contributed by atoms with Gasteiger partial charge in [-0.1, -0.05) is 0 Å². The quantitative estimate of drug-likeness (QED) is 0.661. The monoisotopic (exact) mass is 200 g/mol. The van der Waals surface area contributed by atoms with Gasteiger partial charge in [-0.15, -0.1) is 0 Å². The molecule has 1 saturated heterocycles. The lowest BCUT2D eigenvalue weighted by molar-refractivity contribution is -0.139. The van der Waals surface area contributed by atoms with Crippen molar-refractivity contribution in [1.29, 1.82) is 0 Å². The fourth-order valence-corrected chi connectivity index (χ4v) is 1.66. The molecule has 1 heterocycles. The number of carbonyl (C=O) groups is 1. The molecule has 1 N–H and O–H groups in total. The molecule has 4 nitrogen and oxygen atoms in total. The van der Waals surface area contributed by atoms with Crippen molar-refractivity contribution in [2.24, 2.45) is 0 Å². The van der Waals surface area contributed by atoms with E-state index in [1.165, 1.54) is 0 Å². The number of hydrogen-bond donors (Lipinski definition) is 1. The Morgan fingerprint density at radius 1 is 1.64 bits per heavy atom. The average Bonchev–Trinajstić information content (AvgIpc) is 2.18. The molecule has 0 aromatic rings. The van der Waals surface area contributed by atoms with Crippen LogP contribution in [0.1, 0.15) is 19.8 Å². The molecule has 14 heavy (non-hydrogen) atoms. The van der Waals surface area contributed by atoms with Crippen LogP contribution in [-0.2, 0) is 9.53 Å². The van der Waals surface area contributed by atoms with Crippen LogP contribution in [0.5, 0.6) is 0 Å². The SMILES string of the molecule is CNCCCC(=O)N1CCOCC1C. The maximum absolute atomic E-state index is 11.7. The maximum atomic E-state index is 11.7. The fourth-order valence-electron chi connectivity index (χ4n) is 1.66. The lowest BCUT2D eigenvalue weighted by Gasteiger charge is -2.33. The third-order valence-electron chi connectivity index (χ3n) is 2.51. The zero-order chi connectivity index (χ0) is 10.4. The Labute approximate surface area is 85.6 Å². The molecule has 0 spiro atoms. The summed E-state index contributed by atoms with van der Waals surface area (Å²) >= 11 is 0. The summed E-state index contributed by atoms with van der Waals surface area (Å²) in [4.78, 5) is 13.7. The third-order valence-corrected chi connectivity index (χ3v) is 2.51. The van der Waals surface area contributed by atoms with Crippen molar-refractivity contribution in [3.05, 3.63) is 0 Å². The van der Waals surface area contributed by atoms with Gasteiger partial charge in [0.15, 0.2) is 0 Å². The molecular formula is C10H20N2O2. The summed E-state index contributed by atoms with van der Waals surface area (Å²) in [5.74, 6) is 0.260. The Hall–Kier alpha value is -0.610. The highest BCUT2D eigenvalue weighted by atomic mass is 16.5. The lowest BCUT2D eigenvalue weighted by Crippen LogP contribution is -2.47. The van der Waals surface area contributed by atoms with E-state index in [0.717, 1.165) is 19.5 Å². The molecule has 1 aliphatic heterocycles. The van der Waals surface area contributed by atoms with E-state index in [0.29, 0.717) is 19.6 Å². The highest BCUT2D eigenvalue weighted by Gasteiger charge is 2.22. The second-order valence-electron chi connectivity index (χ2n) is 3.72. The summed E-state index contributed by atoms with van der Waals surface area (Å²) in [6.07, 6.45) is 1.56. The standard InChI is InChI=1S/C10H20N2O2/c1-9-8-14-7-6-12(9)10(13)4-3-5-11-2/h9,11H,3-8H2,1-2H3. The van der Waals surface area contributed by atoms with Gasteiger partial charge >= 0.3 is 0 Å². The summed E-state index contributed by atoms with van der Waals surface area (Å²) in [6, 6.07) is 0.242. The van der Waals surface area contributed by atoms with Gasteiger partial charge in [-0.3, -0.25) is 4.79 Å². The van der Waals surface area contributed by atoms with Gasteiger partial charge in [0, 0.05) is 13.0 Å². The second-order valence-corrected chi connectivity index (χ2v) is 3.72. The van der Waals surface area contributed by atoms with Gasteiger partial charge in [0.05, 0.1) is 19.3 Å². The van der Waals surface area contributed by atoms with Crippen molar-refractivity contribution in [3.63, 3.8) is 0 Å². The maximum Gasteiger partial charge on any atom is 0.223 e. The number of ether oxygens (including phenoxy) is 1. The van der Waals surface area contributed by atoms with E-state index in [2.05, 4.69) is 5.32 Å². The second kappa shape index (κ2) is 5.98. The molecule has 0 aromatic heterocycles. The predicted molar refractivity (Wildman–Crippen MR) is 55.2 cm³/mol.